The van der Waals surface area contributed by atoms with Crippen molar-refractivity contribution in [3.63, 3.8) is 0 Å². The molecule has 0 bridgehead atoms. The Morgan fingerprint density at radius 2 is 2.17 bits per heavy atom. The first kappa shape index (κ1) is 11.7. The number of aromatic hydroxyl groups is 2. The van der Waals surface area contributed by atoms with E-state index in [2.05, 4.69) is 10.5 Å². The maximum atomic E-state index is 11.4. The summed E-state index contributed by atoms with van der Waals surface area (Å²) in [5.41, 5.74) is 2.61. The number of nitrogens with zero attached hydrogens (tertiary/aromatic N) is 1. The first-order chi connectivity index (χ1) is 8.66. The molecule has 0 unspecified atom stereocenters. The van der Waals surface area contributed by atoms with Gasteiger partial charge in [0.25, 0.3) is 0 Å². The van der Waals surface area contributed by atoms with Gasteiger partial charge in [-0.1, -0.05) is 0 Å². The van der Waals surface area contributed by atoms with Gasteiger partial charge in [0.15, 0.2) is 5.76 Å². The van der Waals surface area contributed by atoms with E-state index in [1.165, 1.54) is 36.7 Å². The van der Waals surface area contributed by atoms with Crippen molar-refractivity contribution in [2.24, 2.45) is 5.10 Å². The Balaban J connectivity index is 2.01. The Morgan fingerprint density at radius 3 is 2.83 bits per heavy atom. The lowest BCUT2D eigenvalue weighted by Crippen LogP contribution is -2.16. The molecule has 1 aromatic heterocycles. The predicted octanol–water partition coefficient (Wildman–Crippen LogP) is 1.45. The van der Waals surface area contributed by atoms with E-state index < -0.39 is 5.91 Å². The fourth-order valence-electron chi connectivity index (χ4n) is 1.26. The van der Waals surface area contributed by atoms with Gasteiger partial charge in [0.2, 0.25) is 0 Å². The number of benzene rings is 1. The van der Waals surface area contributed by atoms with E-state index >= 15 is 0 Å². The Labute approximate surface area is 102 Å². The number of rotatable bonds is 3. The van der Waals surface area contributed by atoms with Crippen LogP contribution in [-0.2, 0) is 0 Å². The zero-order chi connectivity index (χ0) is 13.0. The highest BCUT2D eigenvalue weighted by Gasteiger charge is 2.06. The van der Waals surface area contributed by atoms with Crippen LogP contribution >= 0.6 is 0 Å². The number of furan rings is 1. The average molecular weight is 246 g/mol. The Hall–Kier alpha value is -2.76. The monoisotopic (exact) mass is 246 g/mol. The van der Waals surface area contributed by atoms with Crippen LogP contribution in [0.25, 0.3) is 0 Å². The number of phenolic OH excluding ortho intramolecular Hbond substituents is 2. The van der Waals surface area contributed by atoms with Crippen molar-refractivity contribution in [3.8, 4) is 11.5 Å². The minimum absolute atomic E-state index is 0.0516. The highest BCUT2D eigenvalue weighted by molar-refractivity contribution is 5.92. The second-order valence-electron chi connectivity index (χ2n) is 3.42. The summed E-state index contributed by atoms with van der Waals surface area (Å²) < 4.78 is 4.87. The van der Waals surface area contributed by atoms with E-state index in [1.807, 2.05) is 0 Å². The zero-order valence-corrected chi connectivity index (χ0v) is 9.20. The molecule has 0 radical (unpaired) electrons. The number of carbonyl (C=O) groups is 1. The number of phenols is 2. The number of nitrogens with one attached hydrogen (secondary N) is 1. The topological polar surface area (TPSA) is 95.1 Å². The largest absolute Gasteiger partial charge is 0.508 e. The highest BCUT2D eigenvalue weighted by Crippen LogP contribution is 2.20. The molecule has 0 aliphatic heterocycles. The summed E-state index contributed by atoms with van der Waals surface area (Å²) in [6.07, 6.45) is 2.64. The molecule has 6 heteroatoms. The number of amides is 1. The molecule has 0 saturated carbocycles. The summed E-state index contributed by atoms with van der Waals surface area (Å²) >= 11 is 0. The van der Waals surface area contributed by atoms with E-state index in [-0.39, 0.29) is 17.3 Å². The highest BCUT2D eigenvalue weighted by atomic mass is 16.3. The first-order valence-electron chi connectivity index (χ1n) is 5.06. The number of hydrogen-bond donors (Lipinski definition) is 3. The summed E-state index contributed by atoms with van der Waals surface area (Å²) in [5, 5.41) is 22.2. The molecular weight excluding hydrogens is 236 g/mol. The van der Waals surface area contributed by atoms with E-state index in [1.54, 1.807) is 6.07 Å². The minimum Gasteiger partial charge on any atom is -0.508 e. The van der Waals surface area contributed by atoms with Crippen LogP contribution in [-0.4, -0.2) is 22.3 Å². The van der Waals surface area contributed by atoms with Gasteiger partial charge in [0, 0.05) is 11.6 Å². The van der Waals surface area contributed by atoms with Crippen molar-refractivity contribution in [1.82, 2.24) is 5.43 Å². The molecule has 1 amide bonds. The number of hydrogen-bond acceptors (Lipinski definition) is 5. The molecule has 2 aromatic rings. The molecule has 0 fully saturated rings. The van der Waals surface area contributed by atoms with Gasteiger partial charge >= 0.3 is 5.91 Å². The first-order valence-corrected chi connectivity index (χ1v) is 5.06. The minimum atomic E-state index is -0.491. The van der Waals surface area contributed by atoms with Gasteiger partial charge in [-0.05, 0) is 24.3 Å². The van der Waals surface area contributed by atoms with E-state index in [4.69, 9.17) is 9.52 Å². The van der Waals surface area contributed by atoms with Crippen LogP contribution in [0.5, 0.6) is 11.5 Å². The summed E-state index contributed by atoms with van der Waals surface area (Å²) in [6, 6.07) is 7.13. The van der Waals surface area contributed by atoms with Crippen LogP contribution in [0.4, 0.5) is 0 Å². The van der Waals surface area contributed by atoms with Gasteiger partial charge in [-0.15, -0.1) is 0 Å². The number of carbonyl (C=O) groups excluding carboxylic acids is 1. The smallest absolute Gasteiger partial charge is 0.307 e. The van der Waals surface area contributed by atoms with Crippen LogP contribution in [0.15, 0.2) is 46.1 Å². The molecule has 0 spiro atoms. The molecule has 0 atom stereocenters. The summed E-state index contributed by atoms with van der Waals surface area (Å²) in [4.78, 5) is 11.4. The van der Waals surface area contributed by atoms with E-state index in [9.17, 15) is 9.90 Å². The maximum Gasteiger partial charge on any atom is 0.307 e. The van der Waals surface area contributed by atoms with Crippen LogP contribution < -0.4 is 5.43 Å². The molecular formula is C12H10N2O4. The van der Waals surface area contributed by atoms with Gasteiger partial charge < -0.3 is 14.6 Å². The van der Waals surface area contributed by atoms with Crippen molar-refractivity contribution in [3.05, 3.63) is 47.9 Å². The van der Waals surface area contributed by atoms with Crippen LogP contribution in [0.2, 0.25) is 0 Å². The lowest BCUT2D eigenvalue weighted by molar-refractivity contribution is 0.0927. The Kier molecular flexibility index (Phi) is 3.29. The van der Waals surface area contributed by atoms with Gasteiger partial charge in [0.1, 0.15) is 11.5 Å². The second-order valence-corrected chi connectivity index (χ2v) is 3.42. The van der Waals surface area contributed by atoms with Gasteiger partial charge in [-0.3, -0.25) is 4.79 Å². The van der Waals surface area contributed by atoms with Crippen LogP contribution in [0, 0.1) is 0 Å². The Bertz CT molecular complexity index is 576. The molecule has 1 heterocycles. The summed E-state index contributed by atoms with van der Waals surface area (Å²) in [7, 11) is 0. The van der Waals surface area contributed by atoms with Gasteiger partial charge in [0.05, 0.1) is 12.5 Å². The van der Waals surface area contributed by atoms with Crippen molar-refractivity contribution in [2.45, 2.75) is 0 Å². The molecule has 2 rings (SSSR count). The third-order valence-corrected chi connectivity index (χ3v) is 2.13. The lowest BCUT2D eigenvalue weighted by Gasteiger charge is -1.99. The van der Waals surface area contributed by atoms with Crippen LogP contribution in [0.3, 0.4) is 0 Å². The Morgan fingerprint density at radius 1 is 1.33 bits per heavy atom. The predicted molar refractivity (Wildman–Crippen MR) is 63.5 cm³/mol. The average Bonchev–Trinajstić information content (AvgIpc) is 2.85. The number of hydrazone groups is 1. The maximum absolute atomic E-state index is 11.4. The molecule has 0 aliphatic carbocycles. The van der Waals surface area contributed by atoms with Crippen molar-refractivity contribution in [2.75, 3.05) is 0 Å². The molecule has 3 N–H and O–H groups in total. The fraction of sp³-hybridized carbons (Fsp3) is 0. The normalized spacial score (nSPS) is 10.7. The second kappa shape index (κ2) is 5.05. The quantitative estimate of drug-likeness (QED) is 0.564. The van der Waals surface area contributed by atoms with Crippen molar-refractivity contribution in [1.29, 1.82) is 0 Å². The third kappa shape index (κ3) is 2.67. The molecule has 0 saturated heterocycles. The molecule has 18 heavy (non-hydrogen) atoms. The zero-order valence-electron chi connectivity index (χ0n) is 9.20. The van der Waals surface area contributed by atoms with Gasteiger partial charge in [-0.2, -0.15) is 5.10 Å². The SMILES string of the molecule is O=C(NN=Cc1ccc(O)cc1O)c1ccco1. The lowest BCUT2D eigenvalue weighted by atomic mass is 10.2. The van der Waals surface area contributed by atoms with Crippen molar-refractivity contribution < 1.29 is 19.4 Å². The molecule has 1 aromatic carbocycles. The van der Waals surface area contributed by atoms with Crippen molar-refractivity contribution >= 4 is 12.1 Å². The fourth-order valence-corrected chi connectivity index (χ4v) is 1.26. The van der Waals surface area contributed by atoms with Crippen LogP contribution in [0.1, 0.15) is 16.1 Å². The summed E-state index contributed by atoms with van der Waals surface area (Å²) in [6.45, 7) is 0. The molecule has 0 aliphatic rings. The van der Waals surface area contributed by atoms with E-state index in [0.29, 0.717) is 5.56 Å². The summed E-state index contributed by atoms with van der Waals surface area (Å²) in [5.74, 6) is -0.535. The van der Waals surface area contributed by atoms with E-state index in [0.717, 1.165) is 0 Å². The standard InChI is InChI=1S/C12H10N2O4/c15-9-4-3-8(10(16)6-9)7-13-14-12(17)11-2-1-5-18-11/h1-7,15-16H,(H,14,17). The third-order valence-electron chi connectivity index (χ3n) is 2.13. The van der Waals surface area contributed by atoms with Gasteiger partial charge in [-0.25, -0.2) is 5.43 Å². The molecule has 92 valence electrons. The molecule has 6 nitrogen and oxygen atoms in total.